The number of nitrogens with one attached hydrogen (secondary N) is 1. The third-order valence-corrected chi connectivity index (χ3v) is 2.68. The minimum Gasteiger partial charge on any atom is -0.497 e. The van der Waals surface area contributed by atoms with Crippen LogP contribution in [0.1, 0.15) is 20.8 Å². The zero-order valence-electron chi connectivity index (χ0n) is 10.2. The Balaban J connectivity index is 2.93. The zero-order valence-corrected chi connectivity index (χ0v) is 10.2. The highest BCUT2D eigenvalue weighted by Crippen LogP contribution is 2.25. The van der Waals surface area contributed by atoms with E-state index in [1.165, 1.54) is 0 Å². The fraction of sp³-hybridized carbons (Fsp3) is 0.500. The third-order valence-electron chi connectivity index (χ3n) is 2.68. The number of hydrogen-bond donors (Lipinski definition) is 3. The summed E-state index contributed by atoms with van der Waals surface area (Å²) in [6.45, 7) is 5.59. The van der Waals surface area contributed by atoms with Crippen molar-refractivity contribution < 1.29 is 9.84 Å². The van der Waals surface area contributed by atoms with Gasteiger partial charge in [-0.3, -0.25) is 0 Å². The molecule has 0 aliphatic rings. The summed E-state index contributed by atoms with van der Waals surface area (Å²) in [4.78, 5) is 0. The number of nitrogens with two attached hydrogens (primary N) is 1. The van der Waals surface area contributed by atoms with Gasteiger partial charge >= 0.3 is 0 Å². The molecule has 0 aromatic heterocycles. The first-order valence-electron chi connectivity index (χ1n) is 5.26. The van der Waals surface area contributed by atoms with E-state index in [4.69, 9.17) is 10.5 Å². The topological polar surface area (TPSA) is 67.5 Å². The summed E-state index contributed by atoms with van der Waals surface area (Å²) in [5.41, 5.74) is 6.79. The number of nitrogen functional groups attached to an aromatic ring is 1. The van der Waals surface area contributed by atoms with Crippen LogP contribution in [0.2, 0.25) is 0 Å². The number of hydrogen-bond acceptors (Lipinski definition) is 4. The molecule has 4 nitrogen and oxygen atoms in total. The Kier molecular flexibility index (Phi) is 3.65. The lowest BCUT2D eigenvalue weighted by Gasteiger charge is -2.30. The summed E-state index contributed by atoms with van der Waals surface area (Å²) >= 11 is 0. The molecule has 1 atom stereocenters. The van der Waals surface area contributed by atoms with Crippen molar-refractivity contribution in [3.63, 3.8) is 0 Å². The van der Waals surface area contributed by atoms with Crippen LogP contribution in [0.15, 0.2) is 18.2 Å². The van der Waals surface area contributed by atoms with Crippen molar-refractivity contribution in [2.45, 2.75) is 32.4 Å². The zero-order chi connectivity index (χ0) is 12.3. The molecule has 90 valence electrons. The normalized spacial score (nSPS) is 13.3. The van der Waals surface area contributed by atoms with Gasteiger partial charge in [0.2, 0.25) is 0 Å². The molecule has 0 radical (unpaired) electrons. The lowest BCUT2D eigenvalue weighted by molar-refractivity contribution is 0.133. The first-order chi connectivity index (χ1) is 7.35. The van der Waals surface area contributed by atoms with Crippen LogP contribution in [0.25, 0.3) is 0 Å². The highest BCUT2D eigenvalue weighted by Gasteiger charge is 2.23. The quantitative estimate of drug-likeness (QED) is 0.683. The Labute approximate surface area is 96.4 Å². The van der Waals surface area contributed by atoms with Crippen molar-refractivity contribution in [1.82, 2.24) is 0 Å². The molecule has 0 aliphatic heterocycles. The average Bonchev–Trinajstić information content (AvgIpc) is 2.15. The highest BCUT2D eigenvalue weighted by molar-refractivity contribution is 5.60. The van der Waals surface area contributed by atoms with Gasteiger partial charge in [-0.25, -0.2) is 0 Å². The average molecular weight is 224 g/mol. The number of aliphatic hydroxyl groups is 1. The van der Waals surface area contributed by atoms with E-state index in [1.807, 2.05) is 26.0 Å². The Morgan fingerprint density at radius 3 is 2.50 bits per heavy atom. The van der Waals surface area contributed by atoms with E-state index in [2.05, 4.69) is 5.32 Å². The summed E-state index contributed by atoms with van der Waals surface area (Å²) in [5, 5.41) is 12.8. The van der Waals surface area contributed by atoms with Gasteiger partial charge in [0, 0.05) is 23.5 Å². The smallest absolute Gasteiger partial charge is 0.122 e. The van der Waals surface area contributed by atoms with Gasteiger partial charge in [0.05, 0.1) is 18.8 Å². The maximum atomic E-state index is 9.61. The van der Waals surface area contributed by atoms with Crippen LogP contribution < -0.4 is 15.8 Å². The van der Waals surface area contributed by atoms with Gasteiger partial charge in [0.25, 0.3) is 0 Å². The van der Waals surface area contributed by atoms with Gasteiger partial charge in [0.15, 0.2) is 0 Å². The summed E-state index contributed by atoms with van der Waals surface area (Å²) < 4.78 is 5.13. The monoisotopic (exact) mass is 224 g/mol. The fourth-order valence-corrected chi connectivity index (χ4v) is 1.29. The molecule has 1 unspecified atom stereocenters. The molecule has 4 heteroatoms. The maximum Gasteiger partial charge on any atom is 0.122 e. The molecule has 1 rings (SSSR count). The van der Waals surface area contributed by atoms with Gasteiger partial charge < -0.3 is 20.9 Å². The molecule has 0 heterocycles. The molecule has 0 bridgehead atoms. The number of anilines is 2. The molecule has 1 aromatic rings. The predicted octanol–water partition coefficient (Wildman–Crippen LogP) is 1.85. The van der Waals surface area contributed by atoms with E-state index in [1.54, 1.807) is 20.1 Å². The first kappa shape index (κ1) is 12.6. The molecule has 0 aliphatic carbocycles. The minimum atomic E-state index is -0.472. The third kappa shape index (κ3) is 3.03. The van der Waals surface area contributed by atoms with Crippen LogP contribution in [0.3, 0.4) is 0 Å². The van der Waals surface area contributed by atoms with Gasteiger partial charge in [-0.2, -0.15) is 0 Å². The van der Waals surface area contributed by atoms with Gasteiger partial charge in [-0.15, -0.1) is 0 Å². The van der Waals surface area contributed by atoms with Gasteiger partial charge in [0.1, 0.15) is 5.75 Å². The van der Waals surface area contributed by atoms with Crippen molar-refractivity contribution >= 4 is 11.4 Å². The number of benzene rings is 1. The molecule has 0 saturated carbocycles. The number of aliphatic hydroxyl groups excluding tert-OH is 1. The Morgan fingerprint density at radius 2 is 2.00 bits per heavy atom. The van der Waals surface area contributed by atoms with Crippen LogP contribution in [0.5, 0.6) is 5.75 Å². The van der Waals surface area contributed by atoms with E-state index in [9.17, 15) is 5.11 Å². The second kappa shape index (κ2) is 4.61. The van der Waals surface area contributed by atoms with E-state index < -0.39 is 11.6 Å². The van der Waals surface area contributed by atoms with Gasteiger partial charge in [-0.1, -0.05) is 0 Å². The van der Waals surface area contributed by atoms with Crippen LogP contribution in [0, 0.1) is 0 Å². The number of ether oxygens (including phenoxy) is 1. The first-order valence-corrected chi connectivity index (χ1v) is 5.26. The van der Waals surface area contributed by atoms with Crippen LogP contribution >= 0.6 is 0 Å². The summed E-state index contributed by atoms with van der Waals surface area (Å²) in [7, 11) is 1.60. The van der Waals surface area contributed by atoms with E-state index in [0.717, 1.165) is 5.69 Å². The fourth-order valence-electron chi connectivity index (χ4n) is 1.29. The van der Waals surface area contributed by atoms with Crippen molar-refractivity contribution in [3.8, 4) is 5.75 Å². The van der Waals surface area contributed by atoms with Crippen LogP contribution in [0.4, 0.5) is 11.4 Å². The second-order valence-electron chi connectivity index (χ2n) is 4.52. The Morgan fingerprint density at radius 1 is 1.38 bits per heavy atom. The molecule has 1 aromatic carbocycles. The lowest BCUT2D eigenvalue weighted by Crippen LogP contribution is -2.41. The molecular weight excluding hydrogens is 204 g/mol. The summed E-state index contributed by atoms with van der Waals surface area (Å²) in [5.74, 6) is 0.698. The molecule has 0 fully saturated rings. The van der Waals surface area contributed by atoms with Crippen molar-refractivity contribution in [2.75, 3.05) is 18.2 Å². The standard InChI is InChI=1S/C12H20N2O2/c1-8(15)12(2,3)14-10-5-9(13)6-11(7-10)16-4/h5-8,14-15H,13H2,1-4H3. The summed E-state index contributed by atoms with van der Waals surface area (Å²) in [6.07, 6.45) is -0.472. The molecule has 0 saturated heterocycles. The van der Waals surface area contributed by atoms with E-state index in [0.29, 0.717) is 11.4 Å². The van der Waals surface area contributed by atoms with Crippen LogP contribution in [-0.2, 0) is 0 Å². The molecule has 16 heavy (non-hydrogen) atoms. The summed E-state index contributed by atoms with van der Waals surface area (Å²) in [6, 6.07) is 5.41. The SMILES string of the molecule is COc1cc(N)cc(NC(C)(C)C(C)O)c1. The van der Waals surface area contributed by atoms with Crippen molar-refractivity contribution in [1.29, 1.82) is 0 Å². The number of rotatable bonds is 4. The molecular formula is C12H20N2O2. The lowest BCUT2D eigenvalue weighted by atomic mass is 9.98. The second-order valence-corrected chi connectivity index (χ2v) is 4.52. The molecule has 0 amide bonds. The van der Waals surface area contributed by atoms with Gasteiger partial charge in [-0.05, 0) is 26.8 Å². The number of methoxy groups -OCH3 is 1. The highest BCUT2D eigenvalue weighted by atomic mass is 16.5. The Hall–Kier alpha value is -1.42. The Bertz CT molecular complexity index is 362. The van der Waals surface area contributed by atoms with Crippen molar-refractivity contribution in [3.05, 3.63) is 18.2 Å². The van der Waals surface area contributed by atoms with E-state index >= 15 is 0 Å². The molecule has 4 N–H and O–H groups in total. The van der Waals surface area contributed by atoms with Crippen molar-refractivity contribution in [2.24, 2.45) is 0 Å². The predicted molar refractivity (Wildman–Crippen MR) is 66.8 cm³/mol. The maximum absolute atomic E-state index is 9.61. The largest absolute Gasteiger partial charge is 0.497 e. The minimum absolute atomic E-state index is 0.418. The van der Waals surface area contributed by atoms with Crippen LogP contribution in [-0.4, -0.2) is 23.9 Å². The molecule has 0 spiro atoms. The van der Waals surface area contributed by atoms with E-state index in [-0.39, 0.29) is 0 Å².